The van der Waals surface area contributed by atoms with Gasteiger partial charge in [-0.3, -0.25) is 0 Å². The van der Waals surface area contributed by atoms with E-state index in [0.717, 1.165) is 0 Å². The van der Waals surface area contributed by atoms with Crippen molar-refractivity contribution in [1.82, 2.24) is 0 Å². The summed E-state index contributed by atoms with van der Waals surface area (Å²) >= 11 is 0. The molecule has 0 aromatic rings. The first-order chi connectivity index (χ1) is 7.81. The van der Waals surface area contributed by atoms with Crippen molar-refractivity contribution in [3.8, 4) is 0 Å². The molecular weight excluding hydrogens is 212 g/mol. The molecule has 0 aromatic heterocycles. The maximum absolute atomic E-state index is 10.9. The first-order valence-electron chi connectivity index (χ1n) is 4.98. The SMILES string of the molecule is C=CCOCCOC(=O)OCCOCC=C. The highest BCUT2D eigenvalue weighted by Gasteiger charge is 2.02. The quantitative estimate of drug-likeness (QED) is 0.324. The van der Waals surface area contributed by atoms with Gasteiger partial charge in [0.2, 0.25) is 0 Å². The Kier molecular flexibility index (Phi) is 10.8. The molecule has 0 heterocycles. The van der Waals surface area contributed by atoms with Gasteiger partial charge in [-0.05, 0) is 0 Å². The third-order valence-corrected chi connectivity index (χ3v) is 1.37. The van der Waals surface area contributed by atoms with Gasteiger partial charge in [-0.25, -0.2) is 4.79 Å². The van der Waals surface area contributed by atoms with Gasteiger partial charge in [0.1, 0.15) is 13.2 Å². The number of rotatable bonds is 10. The largest absolute Gasteiger partial charge is 0.508 e. The van der Waals surface area contributed by atoms with Crippen LogP contribution < -0.4 is 0 Å². The van der Waals surface area contributed by atoms with Crippen molar-refractivity contribution >= 4 is 6.16 Å². The molecule has 0 aromatic carbocycles. The summed E-state index contributed by atoms with van der Waals surface area (Å²) in [4.78, 5) is 10.9. The molecule has 0 aliphatic heterocycles. The van der Waals surface area contributed by atoms with Crippen LogP contribution in [0.2, 0.25) is 0 Å². The molecule has 5 heteroatoms. The molecule has 0 saturated carbocycles. The Morgan fingerprint density at radius 2 is 1.31 bits per heavy atom. The van der Waals surface area contributed by atoms with Crippen LogP contribution in [0.25, 0.3) is 0 Å². The average molecular weight is 230 g/mol. The molecular formula is C11H18O5. The summed E-state index contributed by atoms with van der Waals surface area (Å²) in [5.74, 6) is 0. The predicted octanol–water partition coefficient (Wildman–Crippen LogP) is 1.54. The highest BCUT2D eigenvalue weighted by Crippen LogP contribution is 1.87. The maximum Gasteiger partial charge on any atom is 0.508 e. The Morgan fingerprint density at radius 1 is 0.875 bits per heavy atom. The second-order valence-electron chi connectivity index (χ2n) is 2.67. The molecule has 0 spiro atoms. The summed E-state index contributed by atoms with van der Waals surface area (Å²) in [6.07, 6.45) is 2.52. The number of carbonyl (C=O) groups is 1. The fourth-order valence-electron chi connectivity index (χ4n) is 0.743. The van der Waals surface area contributed by atoms with Gasteiger partial charge in [-0.1, -0.05) is 12.2 Å². The topological polar surface area (TPSA) is 54.0 Å². The second-order valence-corrected chi connectivity index (χ2v) is 2.67. The molecule has 0 saturated heterocycles. The Bertz CT molecular complexity index is 183. The van der Waals surface area contributed by atoms with Gasteiger partial charge in [-0.2, -0.15) is 0 Å². The van der Waals surface area contributed by atoms with E-state index < -0.39 is 6.16 Å². The van der Waals surface area contributed by atoms with E-state index in [4.69, 9.17) is 18.9 Å². The molecule has 16 heavy (non-hydrogen) atoms. The normalized spacial score (nSPS) is 9.50. The lowest BCUT2D eigenvalue weighted by Crippen LogP contribution is -2.15. The molecule has 0 bridgehead atoms. The molecule has 0 aliphatic carbocycles. The molecule has 0 N–H and O–H groups in total. The highest BCUT2D eigenvalue weighted by atomic mass is 16.7. The third kappa shape index (κ3) is 10.7. The lowest BCUT2D eigenvalue weighted by molar-refractivity contribution is 0.0167. The van der Waals surface area contributed by atoms with Crippen molar-refractivity contribution in [1.29, 1.82) is 0 Å². The van der Waals surface area contributed by atoms with Crippen molar-refractivity contribution in [2.75, 3.05) is 39.6 Å². The fraction of sp³-hybridized carbons (Fsp3) is 0.545. The minimum atomic E-state index is -0.718. The van der Waals surface area contributed by atoms with Gasteiger partial charge in [0.05, 0.1) is 26.4 Å². The average Bonchev–Trinajstić information content (AvgIpc) is 2.28. The number of ether oxygens (including phenoxy) is 4. The van der Waals surface area contributed by atoms with E-state index in [9.17, 15) is 4.79 Å². The Hall–Kier alpha value is -1.33. The van der Waals surface area contributed by atoms with Crippen molar-refractivity contribution in [2.45, 2.75) is 0 Å². The van der Waals surface area contributed by atoms with E-state index in [1.807, 2.05) is 0 Å². The summed E-state index contributed by atoms with van der Waals surface area (Å²) < 4.78 is 19.4. The monoisotopic (exact) mass is 230 g/mol. The predicted molar refractivity (Wildman–Crippen MR) is 59.3 cm³/mol. The molecule has 0 radical (unpaired) electrons. The summed E-state index contributed by atoms with van der Waals surface area (Å²) in [5, 5.41) is 0. The van der Waals surface area contributed by atoms with Crippen LogP contribution in [0.15, 0.2) is 25.3 Å². The van der Waals surface area contributed by atoms with Crippen LogP contribution in [0.4, 0.5) is 4.79 Å². The molecule has 0 atom stereocenters. The van der Waals surface area contributed by atoms with E-state index in [2.05, 4.69) is 13.2 Å². The summed E-state index contributed by atoms with van der Waals surface area (Å²) in [6, 6.07) is 0. The Labute approximate surface area is 95.6 Å². The van der Waals surface area contributed by atoms with Gasteiger partial charge in [-0.15, -0.1) is 13.2 Å². The van der Waals surface area contributed by atoms with Crippen LogP contribution in [0.3, 0.4) is 0 Å². The first kappa shape index (κ1) is 14.7. The van der Waals surface area contributed by atoms with Crippen molar-refractivity contribution < 1.29 is 23.7 Å². The molecule has 0 aliphatic rings. The third-order valence-electron chi connectivity index (χ3n) is 1.37. The van der Waals surface area contributed by atoms with Crippen molar-refractivity contribution in [3.63, 3.8) is 0 Å². The van der Waals surface area contributed by atoms with E-state index in [1.165, 1.54) is 0 Å². The van der Waals surface area contributed by atoms with Crippen LogP contribution in [0.1, 0.15) is 0 Å². The Morgan fingerprint density at radius 3 is 1.69 bits per heavy atom. The number of hydrogen-bond acceptors (Lipinski definition) is 5. The van der Waals surface area contributed by atoms with E-state index in [1.54, 1.807) is 12.2 Å². The van der Waals surface area contributed by atoms with Crippen LogP contribution in [0, 0.1) is 0 Å². The minimum Gasteiger partial charge on any atom is -0.432 e. The molecule has 0 unspecified atom stereocenters. The molecule has 5 nitrogen and oxygen atoms in total. The standard InChI is InChI=1S/C11H18O5/c1-3-5-13-7-9-15-11(12)16-10-8-14-6-4-2/h3-4H,1-2,5-10H2. The zero-order chi connectivity index (χ0) is 12.1. The summed E-state index contributed by atoms with van der Waals surface area (Å²) in [7, 11) is 0. The Balaban J connectivity index is 3.18. The minimum absolute atomic E-state index is 0.167. The van der Waals surface area contributed by atoms with Gasteiger partial charge < -0.3 is 18.9 Å². The number of carbonyl (C=O) groups excluding carboxylic acids is 1. The van der Waals surface area contributed by atoms with Crippen LogP contribution in [0.5, 0.6) is 0 Å². The summed E-state index contributed by atoms with van der Waals surface area (Å²) in [6.45, 7) is 8.83. The van der Waals surface area contributed by atoms with Crippen molar-refractivity contribution in [2.24, 2.45) is 0 Å². The smallest absolute Gasteiger partial charge is 0.432 e. The van der Waals surface area contributed by atoms with Gasteiger partial charge in [0, 0.05) is 0 Å². The zero-order valence-electron chi connectivity index (χ0n) is 9.35. The van der Waals surface area contributed by atoms with Crippen LogP contribution in [-0.4, -0.2) is 45.8 Å². The maximum atomic E-state index is 10.9. The van der Waals surface area contributed by atoms with E-state index in [-0.39, 0.29) is 13.2 Å². The van der Waals surface area contributed by atoms with Gasteiger partial charge >= 0.3 is 6.16 Å². The van der Waals surface area contributed by atoms with Crippen LogP contribution in [-0.2, 0) is 18.9 Å². The van der Waals surface area contributed by atoms with Crippen molar-refractivity contribution in [3.05, 3.63) is 25.3 Å². The summed E-state index contributed by atoms with van der Waals surface area (Å²) in [5.41, 5.74) is 0. The lowest BCUT2D eigenvalue weighted by Gasteiger charge is -2.06. The molecule has 92 valence electrons. The van der Waals surface area contributed by atoms with E-state index in [0.29, 0.717) is 26.4 Å². The first-order valence-corrected chi connectivity index (χ1v) is 4.98. The highest BCUT2D eigenvalue weighted by molar-refractivity contribution is 5.59. The molecule has 0 rings (SSSR count). The zero-order valence-corrected chi connectivity index (χ0v) is 9.35. The lowest BCUT2D eigenvalue weighted by atomic mass is 10.7. The number of hydrogen-bond donors (Lipinski definition) is 0. The van der Waals surface area contributed by atoms with E-state index >= 15 is 0 Å². The van der Waals surface area contributed by atoms with Gasteiger partial charge in [0.15, 0.2) is 0 Å². The molecule has 0 fully saturated rings. The fourth-order valence-corrected chi connectivity index (χ4v) is 0.743. The van der Waals surface area contributed by atoms with Crippen LogP contribution >= 0.6 is 0 Å². The van der Waals surface area contributed by atoms with Gasteiger partial charge in [0.25, 0.3) is 0 Å². The molecule has 0 amide bonds. The second kappa shape index (κ2) is 11.7.